The van der Waals surface area contributed by atoms with Gasteiger partial charge in [0.25, 0.3) is 11.8 Å². The first kappa shape index (κ1) is 19.7. The van der Waals surface area contributed by atoms with E-state index < -0.39 is 0 Å². The molecule has 28 heavy (non-hydrogen) atoms. The molecule has 1 N–H and O–H groups in total. The van der Waals surface area contributed by atoms with Gasteiger partial charge in [-0.05, 0) is 55.7 Å². The van der Waals surface area contributed by atoms with Gasteiger partial charge in [-0.15, -0.1) is 11.3 Å². The van der Waals surface area contributed by atoms with Crippen LogP contribution in [0.4, 0.5) is 0 Å². The van der Waals surface area contributed by atoms with E-state index in [1.165, 1.54) is 17.5 Å². The molecule has 0 unspecified atom stereocenters. The summed E-state index contributed by atoms with van der Waals surface area (Å²) in [5.74, 6) is -0.0838. The molecule has 1 spiro atoms. The van der Waals surface area contributed by atoms with E-state index in [1.807, 2.05) is 4.90 Å². The Morgan fingerprint density at radius 1 is 1.21 bits per heavy atom. The SMILES string of the molecule is O=C(NC1CCC2(CC1)CCN(C(=O)c1ccc(Cl)cn1)C2)c1csc(Cl)c1. The lowest BCUT2D eigenvalue weighted by molar-refractivity contribution is 0.0745. The van der Waals surface area contributed by atoms with Crippen molar-refractivity contribution in [1.29, 1.82) is 0 Å². The number of carbonyl (C=O) groups excluding carboxylic acids is 2. The van der Waals surface area contributed by atoms with Crippen LogP contribution in [0.5, 0.6) is 0 Å². The highest BCUT2D eigenvalue weighted by atomic mass is 35.5. The normalized spacial score (nSPS) is 24.5. The predicted molar refractivity (Wildman–Crippen MR) is 111 cm³/mol. The van der Waals surface area contributed by atoms with Crippen LogP contribution < -0.4 is 5.32 Å². The van der Waals surface area contributed by atoms with Gasteiger partial charge in [-0.1, -0.05) is 23.2 Å². The number of thiophene rings is 1. The minimum absolute atomic E-state index is 0.0293. The van der Waals surface area contributed by atoms with E-state index in [4.69, 9.17) is 23.2 Å². The van der Waals surface area contributed by atoms with E-state index in [1.54, 1.807) is 23.6 Å². The molecule has 0 bridgehead atoms. The predicted octanol–water partition coefficient (Wildman–Crippen LogP) is 4.65. The summed E-state index contributed by atoms with van der Waals surface area (Å²) in [6, 6.07) is 5.26. The Morgan fingerprint density at radius 2 is 2.00 bits per heavy atom. The van der Waals surface area contributed by atoms with Crippen LogP contribution in [-0.2, 0) is 0 Å². The summed E-state index contributed by atoms with van der Waals surface area (Å²) in [5, 5.41) is 5.44. The molecule has 0 radical (unpaired) electrons. The number of likely N-dealkylation sites (tertiary alicyclic amines) is 1. The largest absolute Gasteiger partial charge is 0.349 e. The molecule has 5 nitrogen and oxygen atoms in total. The van der Waals surface area contributed by atoms with E-state index >= 15 is 0 Å². The fraction of sp³-hybridized carbons (Fsp3) is 0.450. The maximum atomic E-state index is 12.7. The van der Waals surface area contributed by atoms with E-state index in [0.29, 0.717) is 20.6 Å². The first-order chi connectivity index (χ1) is 13.4. The third kappa shape index (κ3) is 4.19. The van der Waals surface area contributed by atoms with Crippen molar-refractivity contribution in [2.75, 3.05) is 13.1 Å². The molecule has 3 heterocycles. The summed E-state index contributed by atoms with van der Waals surface area (Å²) in [4.78, 5) is 31.1. The molecule has 148 valence electrons. The monoisotopic (exact) mass is 437 g/mol. The van der Waals surface area contributed by atoms with Crippen molar-refractivity contribution < 1.29 is 9.59 Å². The molecule has 1 aliphatic heterocycles. The van der Waals surface area contributed by atoms with E-state index in [2.05, 4.69) is 10.3 Å². The molecule has 1 saturated heterocycles. The van der Waals surface area contributed by atoms with Crippen molar-refractivity contribution in [3.05, 3.63) is 50.4 Å². The molecule has 0 atom stereocenters. The highest BCUT2D eigenvalue weighted by Gasteiger charge is 2.42. The summed E-state index contributed by atoms with van der Waals surface area (Å²) in [6.45, 7) is 1.52. The lowest BCUT2D eigenvalue weighted by Crippen LogP contribution is -2.42. The van der Waals surface area contributed by atoms with Crippen LogP contribution in [0, 0.1) is 5.41 Å². The number of nitrogens with zero attached hydrogens (tertiary/aromatic N) is 2. The number of pyridine rings is 1. The van der Waals surface area contributed by atoms with Crippen LogP contribution in [0.1, 0.15) is 53.0 Å². The number of aromatic nitrogens is 1. The third-order valence-electron chi connectivity index (χ3n) is 5.88. The van der Waals surface area contributed by atoms with E-state index in [-0.39, 0.29) is 23.3 Å². The smallest absolute Gasteiger partial charge is 0.272 e. The maximum absolute atomic E-state index is 12.7. The molecular formula is C20H21Cl2N3O2S. The fourth-order valence-electron chi connectivity index (χ4n) is 4.25. The van der Waals surface area contributed by atoms with Gasteiger partial charge in [0.15, 0.2) is 0 Å². The first-order valence-electron chi connectivity index (χ1n) is 9.40. The third-order valence-corrected chi connectivity index (χ3v) is 7.20. The Balaban J connectivity index is 1.31. The second-order valence-electron chi connectivity index (χ2n) is 7.73. The molecule has 2 aliphatic rings. The number of nitrogens with one attached hydrogen (secondary N) is 1. The Kier molecular flexibility index (Phi) is 5.63. The molecule has 2 aromatic heterocycles. The second kappa shape index (κ2) is 8.01. The van der Waals surface area contributed by atoms with Crippen LogP contribution in [0.3, 0.4) is 0 Å². The molecule has 2 amide bonds. The standard InChI is InChI=1S/C20H21Cl2N3O2S/c21-14-1-2-16(23-10-14)19(27)25-8-7-20(12-25)5-3-15(4-6-20)24-18(26)13-9-17(22)28-11-13/h1-2,9-11,15H,3-8,12H2,(H,24,26). The Hall–Kier alpha value is -1.63. The van der Waals surface area contributed by atoms with Crippen molar-refractivity contribution in [3.8, 4) is 0 Å². The van der Waals surface area contributed by atoms with E-state index in [9.17, 15) is 9.59 Å². The van der Waals surface area contributed by atoms with Gasteiger partial charge in [-0.25, -0.2) is 4.98 Å². The van der Waals surface area contributed by atoms with Crippen molar-refractivity contribution in [1.82, 2.24) is 15.2 Å². The van der Waals surface area contributed by atoms with Gasteiger partial charge >= 0.3 is 0 Å². The fourth-order valence-corrected chi connectivity index (χ4v) is 5.23. The lowest BCUT2D eigenvalue weighted by Gasteiger charge is -2.37. The van der Waals surface area contributed by atoms with Crippen LogP contribution in [-0.4, -0.2) is 40.8 Å². The minimum atomic E-state index is -0.0545. The Bertz CT molecular complexity index is 876. The summed E-state index contributed by atoms with van der Waals surface area (Å²) in [7, 11) is 0. The topological polar surface area (TPSA) is 62.3 Å². The molecular weight excluding hydrogens is 417 g/mol. The molecule has 4 rings (SSSR count). The maximum Gasteiger partial charge on any atom is 0.272 e. The number of hydrogen-bond acceptors (Lipinski definition) is 4. The van der Waals surface area contributed by atoms with Gasteiger partial charge in [0, 0.05) is 30.7 Å². The zero-order valence-electron chi connectivity index (χ0n) is 15.3. The van der Waals surface area contributed by atoms with Crippen LogP contribution in [0.25, 0.3) is 0 Å². The van der Waals surface area contributed by atoms with Gasteiger partial charge < -0.3 is 10.2 Å². The van der Waals surface area contributed by atoms with E-state index in [0.717, 1.165) is 45.2 Å². The average Bonchev–Trinajstić information content (AvgIpc) is 3.31. The molecule has 1 saturated carbocycles. The zero-order chi connectivity index (χ0) is 19.7. The van der Waals surface area contributed by atoms with Crippen molar-refractivity contribution in [3.63, 3.8) is 0 Å². The Morgan fingerprint density at radius 3 is 2.64 bits per heavy atom. The highest BCUT2D eigenvalue weighted by Crippen LogP contribution is 2.44. The summed E-state index contributed by atoms with van der Waals surface area (Å²) < 4.78 is 0.624. The zero-order valence-corrected chi connectivity index (χ0v) is 17.6. The quantitative estimate of drug-likeness (QED) is 0.759. The van der Waals surface area contributed by atoms with Gasteiger partial charge in [0.1, 0.15) is 5.69 Å². The summed E-state index contributed by atoms with van der Waals surface area (Å²) in [5.41, 5.74) is 1.23. The summed E-state index contributed by atoms with van der Waals surface area (Å²) in [6.07, 6.45) is 6.41. The number of rotatable bonds is 3. The van der Waals surface area contributed by atoms with Crippen molar-refractivity contribution in [2.24, 2.45) is 5.41 Å². The van der Waals surface area contributed by atoms with Gasteiger partial charge in [-0.3, -0.25) is 9.59 Å². The van der Waals surface area contributed by atoms with Crippen molar-refractivity contribution >= 4 is 46.4 Å². The Labute approximate surface area is 178 Å². The number of carbonyl (C=O) groups is 2. The lowest BCUT2D eigenvalue weighted by atomic mass is 9.72. The minimum Gasteiger partial charge on any atom is -0.349 e. The first-order valence-corrected chi connectivity index (χ1v) is 11.0. The molecule has 2 fully saturated rings. The van der Waals surface area contributed by atoms with Gasteiger partial charge in [0.2, 0.25) is 0 Å². The molecule has 0 aromatic carbocycles. The van der Waals surface area contributed by atoms with Crippen molar-refractivity contribution in [2.45, 2.75) is 38.1 Å². The number of amides is 2. The van der Waals surface area contributed by atoms with Gasteiger partial charge in [-0.2, -0.15) is 0 Å². The molecule has 8 heteroatoms. The summed E-state index contributed by atoms with van der Waals surface area (Å²) >= 11 is 13.1. The molecule has 2 aromatic rings. The van der Waals surface area contributed by atoms with Crippen LogP contribution >= 0.6 is 34.5 Å². The van der Waals surface area contributed by atoms with Crippen LogP contribution in [0.2, 0.25) is 9.36 Å². The second-order valence-corrected chi connectivity index (χ2v) is 9.70. The average molecular weight is 438 g/mol. The van der Waals surface area contributed by atoms with Gasteiger partial charge in [0.05, 0.1) is 14.9 Å². The highest BCUT2D eigenvalue weighted by molar-refractivity contribution is 7.14. The van der Waals surface area contributed by atoms with Crippen LogP contribution in [0.15, 0.2) is 29.8 Å². The molecule has 1 aliphatic carbocycles. The number of hydrogen-bond donors (Lipinski definition) is 1. The number of halogens is 2.